The van der Waals surface area contributed by atoms with Crippen LogP contribution in [0.15, 0.2) is 12.7 Å². The number of fused-ring (bicyclic) bond motifs is 3. The third-order valence-corrected chi connectivity index (χ3v) is 8.79. The van der Waals surface area contributed by atoms with E-state index in [9.17, 15) is 0 Å². The topological polar surface area (TPSA) is 0 Å². The summed E-state index contributed by atoms with van der Waals surface area (Å²) in [6, 6.07) is 0. The highest BCUT2D eigenvalue weighted by atomic mass is 14.6. The van der Waals surface area contributed by atoms with E-state index in [2.05, 4.69) is 40.3 Å². The van der Waals surface area contributed by atoms with Crippen LogP contribution in [0.4, 0.5) is 0 Å². The molecule has 7 atom stereocenters. The van der Waals surface area contributed by atoms with Crippen molar-refractivity contribution in [1.29, 1.82) is 0 Å². The number of hydrogen-bond donors (Lipinski definition) is 0. The van der Waals surface area contributed by atoms with Crippen molar-refractivity contribution in [2.45, 2.75) is 98.3 Å². The third-order valence-electron chi connectivity index (χ3n) is 8.79. The predicted molar refractivity (Wildman–Crippen MR) is 111 cm³/mol. The van der Waals surface area contributed by atoms with E-state index in [4.69, 9.17) is 0 Å². The maximum absolute atomic E-state index is 4.07. The summed E-state index contributed by atoms with van der Waals surface area (Å²) >= 11 is 0. The molecule has 0 heteroatoms. The van der Waals surface area contributed by atoms with Gasteiger partial charge in [-0.25, -0.2) is 0 Å². The van der Waals surface area contributed by atoms with E-state index in [0.717, 1.165) is 41.4 Å². The first-order valence-corrected chi connectivity index (χ1v) is 11.7. The Kier molecular flexibility index (Phi) is 6.38. The fraction of sp³-hybridized carbons (Fsp3) is 0.920. The molecule has 0 amide bonds. The summed E-state index contributed by atoms with van der Waals surface area (Å²) in [5.74, 6) is 6.99. The van der Waals surface area contributed by atoms with E-state index in [0.29, 0.717) is 5.41 Å². The molecule has 25 heavy (non-hydrogen) atoms. The molecule has 0 radical (unpaired) electrons. The standard InChI is InChI=1S/C25H44/c1-6-9-19-11-13-23-22(21(19)10-7-2)15-16-25(17-18(4)5)20(8-3)12-14-24(23)25/h6,18-24H,1,7-17H2,2-5H3. The lowest BCUT2D eigenvalue weighted by Crippen LogP contribution is -2.49. The third kappa shape index (κ3) is 3.49. The molecule has 0 heterocycles. The van der Waals surface area contributed by atoms with E-state index < -0.39 is 0 Å². The van der Waals surface area contributed by atoms with E-state index in [-0.39, 0.29) is 0 Å². The van der Waals surface area contributed by atoms with Gasteiger partial charge in [-0.15, -0.1) is 6.58 Å². The SMILES string of the molecule is C=CCC1CCC2C(CCC3(CC(C)C)C(CC)CCC23)C1CCC. The highest BCUT2D eigenvalue weighted by Gasteiger charge is 2.57. The minimum Gasteiger partial charge on any atom is -0.103 e. The zero-order chi connectivity index (χ0) is 18.0. The van der Waals surface area contributed by atoms with Gasteiger partial charge in [0.15, 0.2) is 0 Å². The van der Waals surface area contributed by atoms with Crippen molar-refractivity contribution >= 4 is 0 Å². The van der Waals surface area contributed by atoms with Crippen molar-refractivity contribution in [2.24, 2.45) is 46.8 Å². The molecular formula is C25H44. The molecule has 144 valence electrons. The van der Waals surface area contributed by atoms with Crippen molar-refractivity contribution in [3.05, 3.63) is 12.7 Å². The molecule has 3 rings (SSSR count). The summed E-state index contributed by atoms with van der Waals surface area (Å²) in [4.78, 5) is 0. The van der Waals surface area contributed by atoms with Gasteiger partial charge in [-0.2, -0.15) is 0 Å². The second-order valence-corrected chi connectivity index (χ2v) is 10.3. The van der Waals surface area contributed by atoms with Gasteiger partial charge in [0.05, 0.1) is 0 Å². The minimum atomic E-state index is 0.714. The molecule has 0 saturated heterocycles. The molecule has 7 unspecified atom stereocenters. The number of hydrogen-bond acceptors (Lipinski definition) is 0. The van der Waals surface area contributed by atoms with Crippen LogP contribution in [0.5, 0.6) is 0 Å². The van der Waals surface area contributed by atoms with Crippen LogP contribution in [0, 0.1) is 46.8 Å². The molecule has 0 spiro atoms. The molecule has 0 bridgehead atoms. The highest BCUT2D eigenvalue weighted by Crippen LogP contribution is 2.66. The molecule has 0 nitrogen and oxygen atoms in total. The van der Waals surface area contributed by atoms with Gasteiger partial charge in [-0.05, 0) is 98.2 Å². The average molecular weight is 345 g/mol. The normalized spacial score (nSPS) is 43.7. The lowest BCUT2D eigenvalue weighted by atomic mass is 9.48. The molecule has 0 N–H and O–H groups in total. The summed E-state index contributed by atoms with van der Waals surface area (Å²) < 4.78 is 0. The lowest BCUT2D eigenvalue weighted by Gasteiger charge is -2.56. The van der Waals surface area contributed by atoms with Crippen LogP contribution >= 0.6 is 0 Å². The van der Waals surface area contributed by atoms with Crippen LogP contribution < -0.4 is 0 Å². The molecule has 0 aromatic rings. The first kappa shape index (κ1) is 19.5. The van der Waals surface area contributed by atoms with Gasteiger partial charge in [-0.3, -0.25) is 0 Å². The van der Waals surface area contributed by atoms with Gasteiger partial charge in [-0.1, -0.05) is 53.0 Å². The van der Waals surface area contributed by atoms with Crippen LogP contribution in [0.25, 0.3) is 0 Å². The Morgan fingerprint density at radius 3 is 2.48 bits per heavy atom. The largest absolute Gasteiger partial charge is 0.103 e. The maximum atomic E-state index is 4.07. The van der Waals surface area contributed by atoms with Crippen molar-refractivity contribution in [3.8, 4) is 0 Å². The lowest BCUT2D eigenvalue weighted by molar-refractivity contribution is -0.0717. The van der Waals surface area contributed by atoms with Crippen LogP contribution in [0.1, 0.15) is 98.3 Å². The molecule has 0 aliphatic heterocycles. The van der Waals surface area contributed by atoms with Gasteiger partial charge in [0.2, 0.25) is 0 Å². The van der Waals surface area contributed by atoms with E-state index >= 15 is 0 Å². The second kappa shape index (κ2) is 8.18. The first-order valence-electron chi connectivity index (χ1n) is 11.7. The van der Waals surface area contributed by atoms with Gasteiger partial charge >= 0.3 is 0 Å². The Bertz CT molecular complexity index is 435. The average Bonchev–Trinajstić information content (AvgIpc) is 2.94. The Hall–Kier alpha value is -0.260. The molecule has 3 fully saturated rings. The van der Waals surface area contributed by atoms with E-state index in [1.165, 1.54) is 51.4 Å². The smallest absolute Gasteiger partial charge is 0.0236 e. The molecule has 0 aromatic carbocycles. The fourth-order valence-corrected chi connectivity index (χ4v) is 8.23. The Morgan fingerprint density at radius 1 is 1.04 bits per heavy atom. The molecule has 3 saturated carbocycles. The summed E-state index contributed by atoms with van der Waals surface area (Å²) in [5, 5.41) is 0. The van der Waals surface area contributed by atoms with Crippen molar-refractivity contribution in [1.82, 2.24) is 0 Å². The molecular weight excluding hydrogens is 300 g/mol. The zero-order valence-corrected chi connectivity index (χ0v) is 17.6. The fourth-order valence-electron chi connectivity index (χ4n) is 8.23. The van der Waals surface area contributed by atoms with Gasteiger partial charge < -0.3 is 0 Å². The molecule has 3 aliphatic carbocycles. The monoisotopic (exact) mass is 344 g/mol. The second-order valence-electron chi connectivity index (χ2n) is 10.3. The molecule has 0 aromatic heterocycles. The Balaban J connectivity index is 1.85. The number of rotatable bonds is 7. The van der Waals surface area contributed by atoms with Crippen molar-refractivity contribution < 1.29 is 0 Å². The van der Waals surface area contributed by atoms with Gasteiger partial charge in [0, 0.05) is 0 Å². The summed E-state index contributed by atoms with van der Waals surface area (Å²) in [7, 11) is 0. The van der Waals surface area contributed by atoms with Crippen LogP contribution in [0.2, 0.25) is 0 Å². The zero-order valence-electron chi connectivity index (χ0n) is 17.6. The first-order chi connectivity index (χ1) is 12.1. The molecule has 3 aliphatic rings. The Morgan fingerprint density at radius 2 is 1.84 bits per heavy atom. The Labute approximate surface area is 158 Å². The summed E-state index contributed by atoms with van der Waals surface area (Å²) in [5.41, 5.74) is 0.714. The maximum Gasteiger partial charge on any atom is -0.0236 e. The van der Waals surface area contributed by atoms with Crippen molar-refractivity contribution in [2.75, 3.05) is 0 Å². The minimum absolute atomic E-state index is 0.714. The number of allylic oxidation sites excluding steroid dienone is 1. The predicted octanol–water partition coefficient (Wildman–Crippen LogP) is 7.88. The van der Waals surface area contributed by atoms with E-state index in [1.807, 2.05) is 0 Å². The quantitative estimate of drug-likeness (QED) is 0.412. The van der Waals surface area contributed by atoms with Gasteiger partial charge in [0.25, 0.3) is 0 Å². The van der Waals surface area contributed by atoms with Crippen LogP contribution in [-0.2, 0) is 0 Å². The van der Waals surface area contributed by atoms with Crippen LogP contribution in [-0.4, -0.2) is 0 Å². The van der Waals surface area contributed by atoms with Crippen molar-refractivity contribution in [3.63, 3.8) is 0 Å². The van der Waals surface area contributed by atoms with Gasteiger partial charge in [0.1, 0.15) is 0 Å². The highest BCUT2D eigenvalue weighted by molar-refractivity contribution is 5.07. The van der Waals surface area contributed by atoms with E-state index in [1.54, 1.807) is 19.3 Å². The summed E-state index contributed by atoms with van der Waals surface area (Å²) in [6.07, 6.45) is 18.5. The van der Waals surface area contributed by atoms with Crippen LogP contribution in [0.3, 0.4) is 0 Å². The summed E-state index contributed by atoms with van der Waals surface area (Å²) in [6.45, 7) is 13.9.